The van der Waals surface area contributed by atoms with Gasteiger partial charge in [0.2, 0.25) is 0 Å². The lowest BCUT2D eigenvalue weighted by atomic mass is 10.0. The van der Waals surface area contributed by atoms with Crippen molar-refractivity contribution in [3.05, 3.63) is 94.4 Å². The van der Waals surface area contributed by atoms with Crippen molar-refractivity contribution in [2.24, 2.45) is 0 Å². The number of morpholine rings is 1. The smallest absolute Gasteiger partial charge is 0.255 e. The van der Waals surface area contributed by atoms with Gasteiger partial charge in [-0.05, 0) is 60.7 Å². The Morgan fingerprint density at radius 3 is 2.43 bits per heavy atom. The van der Waals surface area contributed by atoms with Gasteiger partial charge in [-0.1, -0.05) is 11.6 Å². The van der Waals surface area contributed by atoms with Crippen molar-refractivity contribution in [1.82, 2.24) is 9.97 Å². The van der Waals surface area contributed by atoms with Crippen LogP contribution in [0.5, 0.6) is 0 Å². The van der Waals surface area contributed by atoms with E-state index >= 15 is 0 Å². The second kappa shape index (κ2) is 9.77. The summed E-state index contributed by atoms with van der Waals surface area (Å²) in [5.74, 6) is -0.768. The summed E-state index contributed by atoms with van der Waals surface area (Å²) in [6, 6.07) is 15.0. The first-order valence-electron chi connectivity index (χ1n) is 11.0. The molecule has 1 N–H and O–H groups in total. The maximum absolute atomic E-state index is 14.4. The summed E-state index contributed by atoms with van der Waals surface area (Å²) in [4.78, 5) is 36.9. The molecule has 1 fully saturated rings. The molecule has 0 unspecified atom stereocenters. The molecule has 1 amide bonds. The van der Waals surface area contributed by atoms with Gasteiger partial charge in [0.1, 0.15) is 11.6 Å². The van der Waals surface area contributed by atoms with Crippen LogP contribution in [0.2, 0.25) is 5.02 Å². The molecule has 0 atom stereocenters. The van der Waals surface area contributed by atoms with Crippen molar-refractivity contribution in [2.45, 2.75) is 0 Å². The third kappa shape index (κ3) is 5.13. The van der Waals surface area contributed by atoms with E-state index in [1.807, 2.05) is 0 Å². The number of carbonyl (C=O) groups excluding carboxylic acids is 2. The molecule has 4 aromatic rings. The fraction of sp³-hybridized carbons (Fsp3) is 0.154. The van der Waals surface area contributed by atoms with E-state index in [4.69, 9.17) is 16.3 Å². The highest BCUT2D eigenvalue weighted by atomic mass is 35.5. The molecule has 0 bridgehead atoms. The Balaban J connectivity index is 1.40. The van der Waals surface area contributed by atoms with Crippen LogP contribution in [-0.2, 0) is 4.74 Å². The van der Waals surface area contributed by atoms with E-state index in [0.29, 0.717) is 59.3 Å². The number of nitrogens with zero attached hydrogens (tertiary/aromatic N) is 3. The van der Waals surface area contributed by atoms with E-state index < -0.39 is 17.5 Å². The van der Waals surface area contributed by atoms with Gasteiger partial charge in [-0.3, -0.25) is 14.6 Å². The molecular formula is C26H20ClFN4O3. The number of carbonyl (C=O) groups is 2. The summed E-state index contributed by atoms with van der Waals surface area (Å²) in [6.07, 6.45) is 1.71. The Bertz CT molecular complexity index is 1420. The van der Waals surface area contributed by atoms with E-state index in [1.165, 1.54) is 6.07 Å². The molecule has 1 aromatic heterocycles. The summed E-state index contributed by atoms with van der Waals surface area (Å²) < 4.78 is 19.7. The predicted octanol–water partition coefficient (Wildman–Crippen LogP) is 4.74. The van der Waals surface area contributed by atoms with Crippen LogP contribution >= 0.6 is 11.6 Å². The normalized spacial score (nSPS) is 13.6. The lowest BCUT2D eigenvalue weighted by molar-refractivity contribution is 0.102. The molecule has 0 saturated carbocycles. The molecule has 3 aromatic carbocycles. The second-order valence-electron chi connectivity index (χ2n) is 8.05. The van der Waals surface area contributed by atoms with Crippen LogP contribution in [0.15, 0.2) is 66.9 Å². The van der Waals surface area contributed by atoms with E-state index in [1.54, 1.807) is 48.7 Å². The van der Waals surface area contributed by atoms with Gasteiger partial charge >= 0.3 is 0 Å². The molecule has 5 rings (SSSR count). The second-order valence-corrected chi connectivity index (χ2v) is 8.49. The molecule has 0 spiro atoms. The highest BCUT2D eigenvalue weighted by Crippen LogP contribution is 2.22. The van der Waals surface area contributed by atoms with Crippen LogP contribution in [0, 0.1) is 5.82 Å². The minimum atomic E-state index is -0.641. The minimum absolute atomic E-state index is 0.105. The van der Waals surface area contributed by atoms with E-state index in [2.05, 4.69) is 20.2 Å². The molecule has 176 valence electrons. The number of anilines is 2. The largest absolute Gasteiger partial charge is 0.378 e. The third-order valence-corrected chi connectivity index (χ3v) is 5.90. The number of amides is 1. The van der Waals surface area contributed by atoms with Crippen LogP contribution in [0.3, 0.4) is 0 Å². The summed E-state index contributed by atoms with van der Waals surface area (Å²) in [5.41, 5.74) is 2.18. The van der Waals surface area contributed by atoms with Crippen LogP contribution in [0.25, 0.3) is 11.0 Å². The number of nitrogens with one attached hydrogen (secondary N) is 1. The van der Waals surface area contributed by atoms with E-state index in [-0.39, 0.29) is 11.3 Å². The van der Waals surface area contributed by atoms with Gasteiger partial charge in [0.05, 0.1) is 30.4 Å². The number of aromatic nitrogens is 2. The molecule has 9 heteroatoms. The Morgan fingerprint density at radius 2 is 1.66 bits per heavy atom. The van der Waals surface area contributed by atoms with E-state index in [0.717, 1.165) is 12.1 Å². The van der Waals surface area contributed by atoms with Crippen molar-refractivity contribution < 1.29 is 18.7 Å². The molecule has 7 nitrogen and oxygen atoms in total. The molecule has 1 saturated heterocycles. The number of hydrogen-bond acceptors (Lipinski definition) is 6. The average molecular weight is 491 g/mol. The number of halogens is 2. The van der Waals surface area contributed by atoms with Crippen molar-refractivity contribution in [3.63, 3.8) is 0 Å². The van der Waals surface area contributed by atoms with Crippen LogP contribution in [-0.4, -0.2) is 48.0 Å². The molecule has 35 heavy (non-hydrogen) atoms. The molecule has 0 aliphatic carbocycles. The zero-order valence-electron chi connectivity index (χ0n) is 18.5. The zero-order chi connectivity index (χ0) is 24.4. The number of fused-ring (bicyclic) bond motifs is 1. The molecule has 1 aliphatic rings. The predicted molar refractivity (Wildman–Crippen MR) is 132 cm³/mol. The lowest BCUT2D eigenvalue weighted by Crippen LogP contribution is -2.36. The Hall–Kier alpha value is -3.88. The minimum Gasteiger partial charge on any atom is -0.378 e. The molecule has 0 radical (unpaired) electrons. The first kappa shape index (κ1) is 22.9. The number of ether oxygens (including phenoxy) is 1. The Labute approximate surface area is 205 Å². The van der Waals surface area contributed by atoms with Crippen LogP contribution in [0.1, 0.15) is 26.3 Å². The number of ketones is 1. The summed E-state index contributed by atoms with van der Waals surface area (Å²) in [7, 11) is 0. The molecule has 2 heterocycles. The highest BCUT2D eigenvalue weighted by molar-refractivity contribution is 6.30. The van der Waals surface area contributed by atoms with Crippen molar-refractivity contribution in [2.75, 3.05) is 36.5 Å². The number of benzene rings is 3. The van der Waals surface area contributed by atoms with Crippen LogP contribution < -0.4 is 10.2 Å². The summed E-state index contributed by atoms with van der Waals surface area (Å²) in [6.45, 7) is 2.67. The van der Waals surface area contributed by atoms with Crippen molar-refractivity contribution in [1.29, 1.82) is 0 Å². The molecule has 1 aliphatic heterocycles. The third-order valence-electron chi connectivity index (χ3n) is 5.65. The van der Waals surface area contributed by atoms with Gasteiger partial charge in [0, 0.05) is 40.5 Å². The Morgan fingerprint density at radius 1 is 0.914 bits per heavy atom. The first-order valence-corrected chi connectivity index (χ1v) is 11.4. The van der Waals surface area contributed by atoms with Crippen molar-refractivity contribution >= 4 is 45.8 Å². The fourth-order valence-electron chi connectivity index (χ4n) is 3.85. The number of hydrogen-bond donors (Lipinski definition) is 1. The summed E-state index contributed by atoms with van der Waals surface area (Å²) in [5, 5.41) is 3.12. The van der Waals surface area contributed by atoms with Crippen LogP contribution in [0.4, 0.5) is 15.9 Å². The number of rotatable bonds is 5. The fourth-order valence-corrected chi connectivity index (χ4v) is 3.98. The van der Waals surface area contributed by atoms with Gasteiger partial charge in [-0.15, -0.1) is 0 Å². The standard InChI is InChI=1S/C26H20ClFN4O3/c27-19-4-1-16(2-5-19)26(34)30-21-12-18(11-20(28)14-21)25(33)17-3-6-22-23(13-17)31-24(15-29-22)32-7-9-35-10-8-32/h1-6,11-15H,7-10H2,(H,30,34). The average Bonchev–Trinajstić information content (AvgIpc) is 2.88. The zero-order valence-corrected chi connectivity index (χ0v) is 19.3. The first-order chi connectivity index (χ1) is 17.0. The highest BCUT2D eigenvalue weighted by Gasteiger charge is 2.17. The Kier molecular flexibility index (Phi) is 6.39. The molecular weight excluding hydrogens is 471 g/mol. The quantitative estimate of drug-likeness (QED) is 0.407. The monoisotopic (exact) mass is 490 g/mol. The van der Waals surface area contributed by atoms with Gasteiger partial charge in [0.25, 0.3) is 5.91 Å². The maximum atomic E-state index is 14.4. The van der Waals surface area contributed by atoms with Gasteiger partial charge in [-0.2, -0.15) is 0 Å². The topological polar surface area (TPSA) is 84.4 Å². The maximum Gasteiger partial charge on any atom is 0.255 e. The lowest BCUT2D eigenvalue weighted by Gasteiger charge is -2.27. The summed E-state index contributed by atoms with van der Waals surface area (Å²) >= 11 is 5.86. The SMILES string of the molecule is O=C(Nc1cc(F)cc(C(=O)c2ccc3ncc(N4CCOCC4)nc3c2)c1)c1ccc(Cl)cc1. The van der Waals surface area contributed by atoms with Gasteiger partial charge in [0.15, 0.2) is 5.78 Å². The van der Waals surface area contributed by atoms with Gasteiger partial charge < -0.3 is 15.0 Å². The van der Waals surface area contributed by atoms with E-state index in [9.17, 15) is 14.0 Å². The van der Waals surface area contributed by atoms with Gasteiger partial charge in [-0.25, -0.2) is 9.37 Å². The van der Waals surface area contributed by atoms with Crippen molar-refractivity contribution in [3.8, 4) is 0 Å².